The molecule has 1 amide bonds. The van der Waals surface area contributed by atoms with Gasteiger partial charge < -0.3 is 10.1 Å². The van der Waals surface area contributed by atoms with E-state index in [-0.39, 0.29) is 11.7 Å². The number of aromatic nitrogens is 2. The van der Waals surface area contributed by atoms with E-state index in [9.17, 15) is 9.18 Å². The maximum absolute atomic E-state index is 13.8. The van der Waals surface area contributed by atoms with Crippen LogP contribution in [0.5, 0.6) is 5.75 Å². The van der Waals surface area contributed by atoms with Crippen LogP contribution in [-0.2, 0) is 0 Å². The summed E-state index contributed by atoms with van der Waals surface area (Å²) in [5, 5.41) is 2.77. The number of benzene rings is 2. The SMILES string of the molecule is O=C(Nc1ccc(OC2CCCC2)cc1)c1cc(F)cc2nccnc12. The van der Waals surface area contributed by atoms with Crippen LogP contribution in [0, 0.1) is 5.82 Å². The molecule has 4 rings (SSSR count). The van der Waals surface area contributed by atoms with Crippen LogP contribution in [0.25, 0.3) is 11.0 Å². The van der Waals surface area contributed by atoms with Crippen molar-refractivity contribution in [3.63, 3.8) is 0 Å². The molecule has 0 unspecified atom stereocenters. The summed E-state index contributed by atoms with van der Waals surface area (Å²) in [5.74, 6) is -0.167. The Morgan fingerprint density at radius 1 is 1.08 bits per heavy atom. The van der Waals surface area contributed by atoms with E-state index in [0.29, 0.717) is 16.7 Å². The second kappa shape index (κ2) is 7.07. The number of halogens is 1. The van der Waals surface area contributed by atoms with Crippen molar-refractivity contribution in [2.75, 3.05) is 5.32 Å². The molecule has 1 aliphatic carbocycles. The van der Waals surface area contributed by atoms with Crippen molar-refractivity contribution in [2.45, 2.75) is 31.8 Å². The van der Waals surface area contributed by atoms with Crippen molar-refractivity contribution in [1.82, 2.24) is 9.97 Å². The fourth-order valence-electron chi connectivity index (χ4n) is 3.23. The van der Waals surface area contributed by atoms with E-state index in [2.05, 4.69) is 15.3 Å². The topological polar surface area (TPSA) is 64.1 Å². The minimum atomic E-state index is -0.525. The van der Waals surface area contributed by atoms with Crippen molar-refractivity contribution >= 4 is 22.6 Å². The number of hydrogen-bond donors (Lipinski definition) is 1. The molecule has 1 aromatic heterocycles. The molecule has 6 heteroatoms. The molecule has 1 N–H and O–H groups in total. The van der Waals surface area contributed by atoms with Crippen molar-refractivity contribution in [3.8, 4) is 5.75 Å². The molecule has 3 aromatic rings. The van der Waals surface area contributed by atoms with Crippen LogP contribution >= 0.6 is 0 Å². The highest BCUT2D eigenvalue weighted by molar-refractivity contribution is 6.11. The largest absolute Gasteiger partial charge is 0.490 e. The smallest absolute Gasteiger partial charge is 0.258 e. The Labute approximate surface area is 150 Å². The fourth-order valence-corrected chi connectivity index (χ4v) is 3.23. The average Bonchev–Trinajstić information content (AvgIpc) is 3.15. The van der Waals surface area contributed by atoms with E-state index >= 15 is 0 Å². The molecule has 0 aliphatic heterocycles. The van der Waals surface area contributed by atoms with Gasteiger partial charge in [0.2, 0.25) is 0 Å². The molecule has 0 radical (unpaired) electrons. The van der Waals surface area contributed by atoms with Crippen LogP contribution in [0.4, 0.5) is 10.1 Å². The standard InChI is InChI=1S/C20H18FN3O2/c21-13-11-17(19-18(12-13)22-9-10-23-19)20(25)24-14-5-7-16(8-6-14)26-15-3-1-2-4-15/h5-12,15H,1-4H2,(H,24,25). The Bertz CT molecular complexity index is 937. The highest BCUT2D eigenvalue weighted by atomic mass is 19.1. The van der Waals surface area contributed by atoms with Crippen molar-refractivity contribution in [2.24, 2.45) is 0 Å². The molecule has 2 aromatic carbocycles. The third-order valence-corrected chi connectivity index (χ3v) is 4.50. The number of hydrogen-bond acceptors (Lipinski definition) is 4. The van der Waals surface area contributed by atoms with Crippen molar-refractivity contribution in [1.29, 1.82) is 0 Å². The van der Waals surface area contributed by atoms with Gasteiger partial charge >= 0.3 is 0 Å². The summed E-state index contributed by atoms with van der Waals surface area (Å²) >= 11 is 0. The Hall–Kier alpha value is -3.02. The van der Waals surface area contributed by atoms with Gasteiger partial charge in [0.25, 0.3) is 5.91 Å². The number of amides is 1. The second-order valence-electron chi connectivity index (χ2n) is 6.38. The van der Waals surface area contributed by atoms with Crippen LogP contribution in [0.1, 0.15) is 36.0 Å². The van der Waals surface area contributed by atoms with Crippen LogP contribution in [0.15, 0.2) is 48.8 Å². The second-order valence-corrected chi connectivity index (χ2v) is 6.38. The third kappa shape index (κ3) is 3.49. The summed E-state index contributed by atoms with van der Waals surface area (Å²) in [4.78, 5) is 20.8. The molecule has 5 nitrogen and oxygen atoms in total. The monoisotopic (exact) mass is 351 g/mol. The van der Waals surface area contributed by atoms with Gasteiger partial charge in [0.05, 0.1) is 17.2 Å². The number of anilines is 1. The van der Waals surface area contributed by atoms with Gasteiger partial charge in [-0.3, -0.25) is 14.8 Å². The molecular formula is C20H18FN3O2. The number of nitrogens with one attached hydrogen (secondary N) is 1. The summed E-state index contributed by atoms with van der Waals surface area (Å²) < 4.78 is 19.7. The normalized spacial score (nSPS) is 14.5. The molecule has 0 atom stereocenters. The zero-order valence-electron chi connectivity index (χ0n) is 14.1. The minimum absolute atomic E-state index is 0.152. The Morgan fingerprint density at radius 3 is 2.58 bits per heavy atom. The van der Waals surface area contributed by atoms with Gasteiger partial charge in [0, 0.05) is 24.1 Å². The molecule has 132 valence electrons. The van der Waals surface area contributed by atoms with Gasteiger partial charge in [-0.05, 0) is 56.0 Å². The van der Waals surface area contributed by atoms with Crippen LogP contribution in [0.2, 0.25) is 0 Å². The maximum Gasteiger partial charge on any atom is 0.258 e. The van der Waals surface area contributed by atoms with Crippen LogP contribution in [-0.4, -0.2) is 22.0 Å². The highest BCUT2D eigenvalue weighted by Crippen LogP contribution is 2.25. The van der Waals surface area contributed by atoms with E-state index in [1.807, 2.05) is 12.1 Å². The van der Waals surface area contributed by atoms with Crippen molar-refractivity contribution in [3.05, 3.63) is 60.2 Å². The summed E-state index contributed by atoms with van der Waals surface area (Å²) in [5.41, 5.74) is 1.47. The van der Waals surface area contributed by atoms with Gasteiger partial charge in [-0.15, -0.1) is 0 Å². The van der Waals surface area contributed by atoms with Gasteiger partial charge in [-0.1, -0.05) is 0 Å². The Balaban J connectivity index is 1.51. The van der Waals surface area contributed by atoms with E-state index in [1.165, 1.54) is 37.4 Å². The van der Waals surface area contributed by atoms with Gasteiger partial charge in [0.1, 0.15) is 17.1 Å². The summed E-state index contributed by atoms with van der Waals surface area (Å²) in [6.45, 7) is 0. The Morgan fingerprint density at radius 2 is 1.81 bits per heavy atom. The Kier molecular flexibility index (Phi) is 4.48. The molecule has 1 fully saturated rings. The first-order chi connectivity index (χ1) is 12.7. The maximum atomic E-state index is 13.8. The lowest BCUT2D eigenvalue weighted by Gasteiger charge is -2.13. The fraction of sp³-hybridized carbons (Fsp3) is 0.250. The molecule has 1 aliphatic rings. The van der Waals surface area contributed by atoms with E-state index in [4.69, 9.17) is 4.74 Å². The predicted octanol–water partition coefficient (Wildman–Crippen LogP) is 4.34. The van der Waals surface area contributed by atoms with Crippen LogP contribution in [0.3, 0.4) is 0 Å². The highest BCUT2D eigenvalue weighted by Gasteiger charge is 2.17. The molecule has 1 heterocycles. The van der Waals surface area contributed by atoms with Gasteiger partial charge in [-0.2, -0.15) is 0 Å². The number of fused-ring (bicyclic) bond motifs is 1. The molecular weight excluding hydrogens is 333 g/mol. The number of rotatable bonds is 4. The summed E-state index contributed by atoms with van der Waals surface area (Å²) in [7, 11) is 0. The van der Waals surface area contributed by atoms with E-state index < -0.39 is 11.7 Å². The molecule has 0 bridgehead atoms. The summed E-state index contributed by atoms with van der Waals surface area (Å²) in [6, 6.07) is 9.64. The molecule has 1 saturated carbocycles. The van der Waals surface area contributed by atoms with Crippen molar-refractivity contribution < 1.29 is 13.9 Å². The molecule has 0 saturated heterocycles. The zero-order valence-corrected chi connectivity index (χ0v) is 14.1. The lowest BCUT2D eigenvalue weighted by Crippen LogP contribution is -2.14. The first kappa shape index (κ1) is 16.4. The molecule has 26 heavy (non-hydrogen) atoms. The third-order valence-electron chi connectivity index (χ3n) is 4.50. The lowest BCUT2D eigenvalue weighted by atomic mass is 10.1. The number of ether oxygens (including phenoxy) is 1. The summed E-state index contributed by atoms with van der Waals surface area (Å²) in [6.07, 6.45) is 7.83. The molecule has 0 spiro atoms. The first-order valence-corrected chi connectivity index (χ1v) is 8.67. The van der Waals surface area contributed by atoms with Gasteiger partial charge in [0.15, 0.2) is 0 Å². The number of nitrogens with zero attached hydrogens (tertiary/aromatic N) is 2. The van der Waals surface area contributed by atoms with E-state index in [0.717, 1.165) is 18.6 Å². The quantitative estimate of drug-likeness (QED) is 0.759. The lowest BCUT2D eigenvalue weighted by molar-refractivity contribution is 0.102. The van der Waals surface area contributed by atoms with Gasteiger partial charge in [-0.25, -0.2) is 4.39 Å². The van der Waals surface area contributed by atoms with Crippen LogP contribution < -0.4 is 10.1 Å². The van der Waals surface area contributed by atoms with E-state index in [1.54, 1.807) is 12.1 Å². The number of carbonyl (C=O) groups is 1. The minimum Gasteiger partial charge on any atom is -0.490 e. The zero-order chi connectivity index (χ0) is 17.9. The average molecular weight is 351 g/mol. The number of carbonyl (C=O) groups excluding carboxylic acids is 1. The first-order valence-electron chi connectivity index (χ1n) is 8.67. The predicted molar refractivity (Wildman–Crippen MR) is 96.8 cm³/mol.